The van der Waals surface area contributed by atoms with E-state index in [9.17, 15) is 0 Å². The largest absolute Gasteiger partial charge is 0.310 e. The van der Waals surface area contributed by atoms with Gasteiger partial charge in [-0.05, 0) is 135 Å². The Labute approximate surface area is 342 Å². The number of aromatic nitrogens is 1. The van der Waals surface area contributed by atoms with Crippen molar-refractivity contribution in [2.24, 2.45) is 0 Å². The van der Waals surface area contributed by atoms with Crippen molar-refractivity contribution in [3.05, 3.63) is 211 Å². The van der Waals surface area contributed by atoms with Crippen LogP contribution in [-0.4, -0.2) is 4.98 Å². The highest BCUT2D eigenvalue weighted by Crippen LogP contribution is 2.52. The summed E-state index contributed by atoms with van der Waals surface area (Å²) in [5.41, 5.74) is 14.0. The third-order valence-corrected chi connectivity index (χ3v) is 12.9. The lowest BCUT2D eigenvalue weighted by Gasteiger charge is -2.29. The summed E-state index contributed by atoms with van der Waals surface area (Å²) in [7, 11) is 0. The van der Waals surface area contributed by atoms with Crippen molar-refractivity contribution in [3.8, 4) is 21.7 Å². The van der Waals surface area contributed by atoms with E-state index in [1.807, 2.05) is 0 Å². The quantitative estimate of drug-likeness (QED) is 0.151. The van der Waals surface area contributed by atoms with E-state index in [1.54, 1.807) is 11.3 Å². The lowest BCUT2D eigenvalue weighted by atomic mass is 9.81. The van der Waals surface area contributed by atoms with E-state index < -0.39 is 0 Å². The third-order valence-electron chi connectivity index (χ3n) is 11.8. The molecule has 0 aliphatic heterocycles. The molecule has 0 spiro atoms. The summed E-state index contributed by atoms with van der Waals surface area (Å²) in [4.78, 5) is 9.82. The Morgan fingerprint density at radius 1 is 0.414 bits per heavy atom. The van der Waals surface area contributed by atoms with E-state index >= 15 is 0 Å². The fourth-order valence-electron chi connectivity index (χ4n) is 8.93. The minimum atomic E-state index is -0.150. The van der Waals surface area contributed by atoms with E-state index in [0.717, 1.165) is 50.2 Å². The molecule has 9 aromatic carbocycles. The van der Waals surface area contributed by atoms with E-state index in [2.05, 4.69) is 224 Å². The Morgan fingerprint density at radius 3 is 1.53 bits per heavy atom. The molecule has 4 heteroatoms. The summed E-state index contributed by atoms with van der Waals surface area (Å²) >= 11 is 1.78. The van der Waals surface area contributed by atoms with Gasteiger partial charge >= 0.3 is 0 Å². The van der Waals surface area contributed by atoms with Gasteiger partial charge in [-0.1, -0.05) is 123 Å². The maximum Gasteiger partial charge on any atom is 0.124 e. The summed E-state index contributed by atoms with van der Waals surface area (Å²) in [6.07, 6.45) is 0. The van der Waals surface area contributed by atoms with Gasteiger partial charge in [0.25, 0.3) is 0 Å². The van der Waals surface area contributed by atoms with E-state index in [0.29, 0.717) is 0 Å². The van der Waals surface area contributed by atoms with Gasteiger partial charge in [-0.3, -0.25) is 0 Å². The summed E-state index contributed by atoms with van der Waals surface area (Å²) in [6.45, 7) is 4.73. The molecular weight excluding hydrogens is 723 g/mol. The molecule has 11 rings (SSSR count). The lowest BCUT2D eigenvalue weighted by Crippen LogP contribution is -2.14. The molecule has 0 fully saturated rings. The number of para-hydroxylation sites is 3. The maximum atomic E-state index is 5.12. The Morgan fingerprint density at radius 2 is 0.897 bits per heavy atom. The minimum Gasteiger partial charge on any atom is -0.310 e. The first-order valence-corrected chi connectivity index (χ1v) is 20.7. The summed E-state index contributed by atoms with van der Waals surface area (Å²) < 4.78 is 1.22. The average molecular weight is 762 g/mol. The summed E-state index contributed by atoms with van der Waals surface area (Å²) in [5.74, 6) is 0. The molecule has 0 saturated carbocycles. The number of nitrogens with zero attached hydrogens (tertiary/aromatic N) is 3. The van der Waals surface area contributed by atoms with Gasteiger partial charge in [-0.15, -0.1) is 11.3 Å². The number of benzene rings is 9. The highest BCUT2D eigenvalue weighted by atomic mass is 32.1. The Hall–Kier alpha value is -7.01. The highest BCUT2D eigenvalue weighted by Gasteiger charge is 2.36. The molecule has 1 aliphatic carbocycles. The van der Waals surface area contributed by atoms with Crippen LogP contribution < -0.4 is 9.80 Å². The van der Waals surface area contributed by atoms with Crippen molar-refractivity contribution in [1.82, 2.24) is 4.98 Å². The van der Waals surface area contributed by atoms with Gasteiger partial charge in [0.15, 0.2) is 0 Å². The Bertz CT molecular complexity index is 3100. The molecule has 1 heterocycles. The number of anilines is 6. The van der Waals surface area contributed by atoms with Gasteiger partial charge < -0.3 is 9.80 Å². The zero-order valence-corrected chi connectivity index (χ0v) is 33.1. The van der Waals surface area contributed by atoms with Gasteiger partial charge in [0.2, 0.25) is 0 Å². The van der Waals surface area contributed by atoms with Crippen LogP contribution in [0.25, 0.3) is 53.5 Å². The molecule has 1 aromatic heterocycles. The first kappa shape index (κ1) is 34.3. The smallest absolute Gasteiger partial charge is 0.124 e. The zero-order chi connectivity index (χ0) is 38.8. The van der Waals surface area contributed by atoms with Gasteiger partial charge in [-0.25, -0.2) is 4.98 Å². The average Bonchev–Trinajstić information content (AvgIpc) is 3.79. The van der Waals surface area contributed by atoms with Gasteiger partial charge in [0.1, 0.15) is 5.01 Å². The molecule has 0 atom stereocenters. The second-order valence-corrected chi connectivity index (χ2v) is 16.7. The van der Waals surface area contributed by atoms with Crippen molar-refractivity contribution < 1.29 is 0 Å². The zero-order valence-electron chi connectivity index (χ0n) is 32.3. The normalized spacial score (nSPS) is 12.8. The van der Waals surface area contributed by atoms with Gasteiger partial charge in [0, 0.05) is 45.1 Å². The van der Waals surface area contributed by atoms with E-state index in [-0.39, 0.29) is 5.41 Å². The molecule has 58 heavy (non-hydrogen) atoms. The molecule has 3 nitrogen and oxygen atoms in total. The van der Waals surface area contributed by atoms with Crippen molar-refractivity contribution in [2.75, 3.05) is 9.80 Å². The van der Waals surface area contributed by atoms with Crippen LogP contribution in [0.5, 0.6) is 0 Å². The molecule has 1 aliphatic rings. The van der Waals surface area contributed by atoms with Crippen molar-refractivity contribution in [1.29, 1.82) is 0 Å². The molecule has 0 N–H and O–H groups in total. The first-order chi connectivity index (χ1) is 28.5. The second kappa shape index (κ2) is 13.6. The number of rotatable bonds is 7. The van der Waals surface area contributed by atoms with Crippen molar-refractivity contribution >= 4 is 77.2 Å². The van der Waals surface area contributed by atoms with E-state index in [1.165, 1.54) is 48.5 Å². The molecule has 0 unspecified atom stereocenters. The van der Waals surface area contributed by atoms with Crippen LogP contribution in [0.15, 0.2) is 200 Å². The topological polar surface area (TPSA) is 19.4 Å². The fourth-order valence-corrected chi connectivity index (χ4v) is 9.92. The Balaban J connectivity index is 1.07. The van der Waals surface area contributed by atoms with Crippen molar-refractivity contribution in [2.45, 2.75) is 19.3 Å². The lowest BCUT2D eigenvalue weighted by molar-refractivity contribution is 0.662. The summed E-state index contributed by atoms with van der Waals surface area (Å²) in [6, 6.07) is 72.5. The second-order valence-electron chi connectivity index (χ2n) is 15.7. The number of thiazole rings is 1. The van der Waals surface area contributed by atoms with Crippen LogP contribution in [0.2, 0.25) is 0 Å². The predicted octanol–water partition coefficient (Wildman–Crippen LogP) is 15.5. The van der Waals surface area contributed by atoms with Crippen LogP contribution in [0, 0.1) is 0 Å². The standard InChI is InChI=1S/C54H39N3S/c1-54(2)49-30-38-27-26-36-28-29-44(32-45(36)46(38)33-47(49)48-34-52-51(35-50(48)54)55-53(58-52)37-16-7-3-8-17-37)57(41-22-13-6-14-23-41)43-25-15-24-42(31-43)56(39-18-9-4-10-19-39)40-20-11-5-12-21-40/h3-35H,1-2H3. The molecular formula is C54H39N3S. The third kappa shape index (κ3) is 5.68. The first-order valence-electron chi connectivity index (χ1n) is 19.9. The van der Waals surface area contributed by atoms with E-state index in [4.69, 9.17) is 4.98 Å². The summed E-state index contributed by atoms with van der Waals surface area (Å²) in [5, 5.41) is 6.04. The monoisotopic (exact) mass is 761 g/mol. The molecule has 0 radical (unpaired) electrons. The van der Waals surface area contributed by atoms with Crippen LogP contribution in [-0.2, 0) is 5.41 Å². The van der Waals surface area contributed by atoms with Crippen LogP contribution in [0.3, 0.4) is 0 Å². The predicted molar refractivity (Wildman–Crippen MR) is 247 cm³/mol. The number of hydrogen-bond donors (Lipinski definition) is 0. The highest BCUT2D eigenvalue weighted by molar-refractivity contribution is 7.21. The van der Waals surface area contributed by atoms with Gasteiger partial charge in [0.05, 0.1) is 10.2 Å². The number of fused-ring (bicyclic) bond motifs is 7. The maximum absolute atomic E-state index is 5.12. The van der Waals surface area contributed by atoms with Crippen LogP contribution >= 0.6 is 11.3 Å². The molecule has 0 saturated heterocycles. The van der Waals surface area contributed by atoms with Crippen LogP contribution in [0.4, 0.5) is 34.1 Å². The molecule has 0 bridgehead atoms. The molecule has 276 valence electrons. The fraction of sp³-hybridized carbons (Fsp3) is 0.0556. The Kier molecular flexibility index (Phi) is 8.02. The van der Waals surface area contributed by atoms with Gasteiger partial charge in [-0.2, -0.15) is 0 Å². The number of hydrogen-bond acceptors (Lipinski definition) is 4. The SMILES string of the molecule is CC1(C)c2cc3ccc4ccc(N(c5ccccc5)c5cccc(N(c6ccccc6)c6ccccc6)c5)cc4c3cc2-c2cc3sc(-c4ccccc4)nc3cc21. The minimum absolute atomic E-state index is 0.150. The van der Waals surface area contributed by atoms with Crippen LogP contribution in [0.1, 0.15) is 25.0 Å². The van der Waals surface area contributed by atoms with Crippen molar-refractivity contribution in [3.63, 3.8) is 0 Å². The molecule has 0 amide bonds. The molecule has 10 aromatic rings.